The second-order valence-corrected chi connectivity index (χ2v) is 7.72. The van der Waals surface area contributed by atoms with Gasteiger partial charge in [-0.15, -0.1) is 0 Å². The van der Waals surface area contributed by atoms with Crippen LogP contribution in [0.2, 0.25) is 0 Å². The Morgan fingerprint density at radius 1 is 1.06 bits per heavy atom. The maximum absolute atomic E-state index is 14.4. The molecule has 10 heteroatoms. The highest BCUT2D eigenvalue weighted by Gasteiger charge is 2.21. The maximum atomic E-state index is 14.4. The van der Waals surface area contributed by atoms with Gasteiger partial charge in [0.25, 0.3) is 0 Å². The van der Waals surface area contributed by atoms with Gasteiger partial charge in [0.1, 0.15) is 5.52 Å². The van der Waals surface area contributed by atoms with Crippen LogP contribution in [-0.4, -0.2) is 42.7 Å². The van der Waals surface area contributed by atoms with Crippen molar-refractivity contribution in [3.05, 3.63) is 54.9 Å². The molecule has 160 valence electrons. The van der Waals surface area contributed by atoms with Crippen LogP contribution in [-0.2, 0) is 0 Å². The van der Waals surface area contributed by atoms with Crippen LogP contribution in [0.1, 0.15) is 18.9 Å². The molecule has 0 aromatic carbocycles. The van der Waals surface area contributed by atoms with Gasteiger partial charge in [0, 0.05) is 36.3 Å². The summed E-state index contributed by atoms with van der Waals surface area (Å²) in [4.78, 5) is 17.6. The lowest BCUT2D eigenvalue weighted by molar-refractivity contribution is 0.372. The van der Waals surface area contributed by atoms with Crippen molar-refractivity contribution in [2.75, 3.05) is 18.4 Å². The zero-order valence-electron chi connectivity index (χ0n) is 17.0. The Morgan fingerprint density at radius 3 is 2.88 bits per heavy atom. The van der Waals surface area contributed by atoms with Crippen LogP contribution in [0.4, 0.5) is 16.0 Å². The van der Waals surface area contributed by atoms with Crippen LogP contribution in [0, 0.1) is 5.82 Å². The average molecular weight is 430 g/mol. The van der Waals surface area contributed by atoms with Crippen molar-refractivity contribution in [2.45, 2.75) is 18.9 Å². The summed E-state index contributed by atoms with van der Waals surface area (Å²) in [6, 6.07) is 7.52. The monoisotopic (exact) mass is 430 g/mol. The Hall–Kier alpha value is -3.92. The molecule has 0 aliphatic carbocycles. The summed E-state index contributed by atoms with van der Waals surface area (Å²) >= 11 is 0. The van der Waals surface area contributed by atoms with Crippen molar-refractivity contribution < 1.29 is 8.91 Å². The summed E-state index contributed by atoms with van der Waals surface area (Å²) in [7, 11) is 0. The van der Waals surface area contributed by atoms with Gasteiger partial charge in [-0.1, -0.05) is 5.16 Å². The zero-order valence-corrected chi connectivity index (χ0v) is 17.0. The molecule has 6 heterocycles. The first kappa shape index (κ1) is 18.8. The molecule has 5 aromatic rings. The number of halogens is 1. The summed E-state index contributed by atoms with van der Waals surface area (Å²) in [5.41, 5.74) is 3.08. The quantitative estimate of drug-likeness (QED) is 0.443. The number of hydrogen-bond acceptors (Lipinski definition) is 8. The van der Waals surface area contributed by atoms with Crippen molar-refractivity contribution in [3.8, 4) is 11.3 Å². The average Bonchev–Trinajstić information content (AvgIpc) is 3.43. The van der Waals surface area contributed by atoms with Crippen LogP contribution < -0.4 is 10.6 Å². The molecule has 2 N–H and O–H groups in total. The summed E-state index contributed by atoms with van der Waals surface area (Å²) in [6.07, 6.45) is 8.25. The second kappa shape index (κ2) is 7.65. The standard InChI is InChI=1S/C22H19FN8O/c23-15-12-31(13-3-7-24-8-4-13)22-21(15)27-11-19(29-22)28-18-10-17(32-30-18)14-5-9-25-16-2-1-6-26-20(14)16/h1-2,5-6,9-13,24H,3-4,7-8H2,(H,28,29,30). The van der Waals surface area contributed by atoms with Crippen LogP contribution in [0.3, 0.4) is 0 Å². The van der Waals surface area contributed by atoms with Crippen LogP contribution in [0.15, 0.2) is 53.6 Å². The van der Waals surface area contributed by atoms with Crippen molar-refractivity contribution in [1.29, 1.82) is 0 Å². The SMILES string of the molecule is Fc1cn(C2CCNCC2)c2nc(Nc3cc(-c4ccnc5cccnc45)on3)cnc12. The van der Waals surface area contributed by atoms with Gasteiger partial charge in [0.2, 0.25) is 0 Å². The van der Waals surface area contributed by atoms with Gasteiger partial charge in [-0.05, 0) is 44.1 Å². The van der Waals surface area contributed by atoms with E-state index in [2.05, 4.69) is 35.7 Å². The highest BCUT2D eigenvalue weighted by atomic mass is 19.1. The molecule has 0 atom stereocenters. The number of anilines is 2. The molecule has 5 aromatic heterocycles. The molecular formula is C22H19FN8O. The van der Waals surface area contributed by atoms with E-state index in [1.165, 1.54) is 12.4 Å². The van der Waals surface area contributed by atoms with Gasteiger partial charge in [0.15, 0.2) is 28.9 Å². The molecule has 1 fully saturated rings. The number of nitrogens with one attached hydrogen (secondary N) is 2. The number of nitrogens with zero attached hydrogens (tertiary/aromatic N) is 6. The van der Waals surface area contributed by atoms with Gasteiger partial charge in [0.05, 0.1) is 17.2 Å². The highest BCUT2D eigenvalue weighted by molar-refractivity contribution is 5.89. The third-order valence-electron chi connectivity index (χ3n) is 5.71. The molecular weight excluding hydrogens is 411 g/mol. The van der Waals surface area contributed by atoms with Gasteiger partial charge < -0.3 is 19.7 Å². The lowest BCUT2D eigenvalue weighted by Crippen LogP contribution is -2.29. The predicted molar refractivity (Wildman–Crippen MR) is 117 cm³/mol. The van der Waals surface area contributed by atoms with Crippen molar-refractivity contribution >= 4 is 33.8 Å². The molecule has 0 saturated carbocycles. The molecule has 0 radical (unpaired) electrons. The fourth-order valence-electron chi connectivity index (χ4n) is 4.17. The molecule has 6 rings (SSSR count). The van der Waals surface area contributed by atoms with E-state index in [9.17, 15) is 4.39 Å². The third kappa shape index (κ3) is 3.25. The third-order valence-corrected chi connectivity index (χ3v) is 5.71. The number of aromatic nitrogens is 6. The molecule has 9 nitrogen and oxygen atoms in total. The summed E-state index contributed by atoms with van der Waals surface area (Å²) in [5, 5.41) is 10.5. The molecule has 1 saturated heterocycles. The summed E-state index contributed by atoms with van der Waals surface area (Å²) in [6.45, 7) is 1.80. The second-order valence-electron chi connectivity index (χ2n) is 7.72. The lowest BCUT2D eigenvalue weighted by Gasteiger charge is -2.24. The Labute approximate surface area is 181 Å². The van der Waals surface area contributed by atoms with Gasteiger partial charge in [-0.2, -0.15) is 0 Å². The zero-order chi connectivity index (χ0) is 21.5. The van der Waals surface area contributed by atoms with E-state index < -0.39 is 0 Å². The Balaban J connectivity index is 1.32. The minimum atomic E-state index is -0.363. The lowest BCUT2D eigenvalue weighted by atomic mass is 10.1. The smallest absolute Gasteiger partial charge is 0.175 e. The highest BCUT2D eigenvalue weighted by Crippen LogP contribution is 2.30. The molecule has 0 bridgehead atoms. The van der Waals surface area contributed by atoms with Crippen molar-refractivity contribution in [1.82, 2.24) is 35.0 Å². The van der Waals surface area contributed by atoms with E-state index >= 15 is 0 Å². The van der Waals surface area contributed by atoms with Crippen molar-refractivity contribution in [2.24, 2.45) is 0 Å². The number of piperidine rings is 1. The van der Waals surface area contributed by atoms with Gasteiger partial charge >= 0.3 is 0 Å². The number of rotatable bonds is 4. The number of pyridine rings is 2. The Morgan fingerprint density at radius 2 is 1.97 bits per heavy atom. The topological polar surface area (TPSA) is 107 Å². The first-order chi connectivity index (χ1) is 15.8. The van der Waals surface area contributed by atoms with Crippen molar-refractivity contribution in [3.63, 3.8) is 0 Å². The van der Waals surface area contributed by atoms with E-state index in [1.807, 2.05) is 22.8 Å². The molecule has 0 unspecified atom stereocenters. The Kier molecular flexibility index (Phi) is 4.50. The first-order valence-electron chi connectivity index (χ1n) is 10.4. The minimum absolute atomic E-state index is 0.193. The maximum Gasteiger partial charge on any atom is 0.175 e. The molecule has 32 heavy (non-hydrogen) atoms. The van der Waals surface area contributed by atoms with E-state index in [0.29, 0.717) is 23.0 Å². The first-order valence-corrected chi connectivity index (χ1v) is 10.4. The van der Waals surface area contributed by atoms with E-state index in [0.717, 1.165) is 42.5 Å². The van der Waals surface area contributed by atoms with Gasteiger partial charge in [-0.3, -0.25) is 9.97 Å². The summed E-state index contributed by atoms with van der Waals surface area (Å²) in [5.74, 6) is 1.12. The fraction of sp³-hybridized carbons (Fsp3) is 0.227. The van der Waals surface area contributed by atoms with Crippen LogP contribution >= 0.6 is 0 Å². The van der Waals surface area contributed by atoms with E-state index in [1.54, 1.807) is 18.5 Å². The largest absolute Gasteiger partial charge is 0.354 e. The Bertz CT molecular complexity index is 1420. The van der Waals surface area contributed by atoms with Gasteiger partial charge in [-0.25, -0.2) is 14.4 Å². The molecule has 1 aliphatic heterocycles. The predicted octanol–water partition coefficient (Wildman–Crippen LogP) is 3.84. The minimum Gasteiger partial charge on any atom is -0.354 e. The number of fused-ring (bicyclic) bond motifs is 2. The normalized spacial score (nSPS) is 14.9. The van der Waals surface area contributed by atoms with Crippen LogP contribution in [0.25, 0.3) is 33.5 Å². The fourth-order valence-corrected chi connectivity index (χ4v) is 4.17. The van der Waals surface area contributed by atoms with Crippen LogP contribution in [0.5, 0.6) is 0 Å². The molecule has 1 aliphatic rings. The number of hydrogen-bond donors (Lipinski definition) is 2. The molecule has 0 amide bonds. The van der Waals surface area contributed by atoms with E-state index in [-0.39, 0.29) is 17.4 Å². The summed E-state index contributed by atoms with van der Waals surface area (Å²) < 4.78 is 21.9. The van der Waals surface area contributed by atoms with E-state index in [4.69, 9.17) is 4.52 Å². The molecule has 0 spiro atoms.